The predicted octanol–water partition coefficient (Wildman–Crippen LogP) is 9.28. The van der Waals surface area contributed by atoms with Crippen molar-refractivity contribution < 1.29 is 9.59 Å². The highest BCUT2D eigenvalue weighted by atomic mass is 16.2. The molecule has 42 heavy (non-hydrogen) atoms. The van der Waals surface area contributed by atoms with Crippen LogP contribution in [0.15, 0.2) is 93.4 Å². The van der Waals surface area contributed by atoms with Gasteiger partial charge in [0.2, 0.25) is 0 Å². The summed E-state index contributed by atoms with van der Waals surface area (Å²) < 4.78 is 0. The smallest absolute Gasteiger partial charge is 0.261 e. The van der Waals surface area contributed by atoms with Gasteiger partial charge in [-0.2, -0.15) is 0 Å². The first kappa shape index (κ1) is 31.8. The van der Waals surface area contributed by atoms with Gasteiger partial charge in [-0.15, -0.1) is 0 Å². The van der Waals surface area contributed by atoms with E-state index in [1.807, 2.05) is 28.9 Å². The second-order valence-electron chi connectivity index (χ2n) is 12.5. The third-order valence-electron chi connectivity index (χ3n) is 9.30. The highest BCUT2D eigenvalue weighted by molar-refractivity contribution is 6.20. The fourth-order valence-electron chi connectivity index (χ4n) is 6.70. The number of rotatable bonds is 16. The molecule has 2 aliphatic heterocycles. The molecule has 2 unspecified atom stereocenters. The van der Waals surface area contributed by atoms with Crippen LogP contribution < -0.4 is 0 Å². The Labute approximate surface area is 255 Å². The van der Waals surface area contributed by atoms with Crippen LogP contribution in [-0.4, -0.2) is 34.7 Å². The van der Waals surface area contributed by atoms with Crippen molar-refractivity contribution in [1.29, 1.82) is 0 Å². The van der Waals surface area contributed by atoms with Gasteiger partial charge in [-0.05, 0) is 68.1 Å². The second kappa shape index (κ2) is 14.8. The van der Waals surface area contributed by atoms with Crippen LogP contribution in [-0.2, 0) is 9.59 Å². The van der Waals surface area contributed by atoms with Gasteiger partial charge in [-0.25, -0.2) is 0 Å². The largest absolute Gasteiger partial charge is 0.307 e. The standard InChI is InChI=1S/C38H52N2O2/c1-7-12-15-18-30-20-22-32(24-30)36-34-33(37(41)40(36)26-29(11-5)17-14-9-3)35(31-21-19-27(6)23-31)39(38(34)42)25-28(10-4)16-13-8-2/h7,12,15,18-22,28-29H,8-11,13-14,16-17,23-26H2,1-6H3. The van der Waals surface area contributed by atoms with Crippen molar-refractivity contribution in [1.82, 2.24) is 9.80 Å². The number of fused-ring (bicyclic) bond motifs is 1. The van der Waals surface area contributed by atoms with Gasteiger partial charge in [0, 0.05) is 13.1 Å². The normalized spacial score (nSPS) is 20.4. The Bertz CT molecular complexity index is 1300. The van der Waals surface area contributed by atoms with E-state index in [0.717, 1.165) is 86.7 Å². The molecule has 0 saturated heterocycles. The average molecular weight is 569 g/mol. The number of nitrogens with zero attached hydrogens (tertiary/aromatic N) is 2. The van der Waals surface area contributed by atoms with Gasteiger partial charge in [-0.1, -0.05) is 120 Å². The Kier molecular flexibility index (Phi) is 11.2. The van der Waals surface area contributed by atoms with Crippen molar-refractivity contribution in [2.75, 3.05) is 13.1 Å². The zero-order valence-corrected chi connectivity index (χ0v) is 27.0. The van der Waals surface area contributed by atoms with E-state index in [4.69, 9.17) is 0 Å². The molecular weight excluding hydrogens is 516 g/mol. The Hall–Kier alpha value is -3.14. The molecule has 2 atom stereocenters. The average Bonchev–Trinajstić information content (AvgIpc) is 3.75. The lowest BCUT2D eigenvalue weighted by molar-refractivity contribution is -0.125. The van der Waals surface area contributed by atoms with Crippen LogP contribution in [0.4, 0.5) is 0 Å². The van der Waals surface area contributed by atoms with E-state index in [0.29, 0.717) is 36.1 Å². The van der Waals surface area contributed by atoms with Crippen molar-refractivity contribution in [3.63, 3.8) is 0 Å². The van der Waals surface area contributed by atoms with Gasteiger partial charge in [0.1, 0.15) is 0 Å². The molecule has 4 aliphatic rings. The molecule has 0 N–H and O–H groups in total. The Morgan fingerprint density at radius 2 is 1.26 bits per heavy atom. The van der Waals surface area contributed by atoms with Crippen LogP contribution in [0.2, 0.25) is 0 Å². The molecule has 2 amide bonds. The van der Waals surface area contributed by atoms with Gasteiger partial charge < -0.3 is 9.80 Å². The van der Waals surface area contributed by atoms with E-state index in [9.17, 15) is 9.59 Å². The Morgan fingerprint density at radius 3 is 1.71 bits per heavy atom. The molecule has 4 nitrogen and oxygen atoms in total. The SMILES string of the molecule is CC=CC=CC1=CC=C(C2=C3C(=O)N(CC(CC)CCCC)C(C4=CC=C(C)C4)=C3C(=O)N2CC(CC)CCCC)C1. The number of hydrogen-bond acceptors (Lipinski definition) is 2. The van der Waals surface area contributed by atoms with Gasteiger partial charge in [0.05, 0.1) is 22.5 Å². The van der Waals surface area contributed by atoms with Crippen LogP contribution in [0.25, 0.3) is 0 Å². The molecule has 226 valence electrons. The van der Waals surface area contributed by atoms with E-state index >= 15 is 0 Å². The molecule has 0 bridgehead atoms. The number of amides is 2. The minimum Gasteiger partial charge on any atom is -0.307 e. The van der Waals surface area contributed by atoms with Crippen molar-refractivity contribution in [2.45, 2.75) is 106 Å². The van der Waals surface area contributed by atoms with Crippen LogP contribution >= 0.6 is 0 Å². The molecule has 0 aromatic heterocycles. The molecule has 4 heteroatoms. The van der Waals surface area contributed by atoms with Gasteiger partial charge >= 0.3 is 0 Å². The summed E-state index contributed by atoms with van der Waals surface area (Å²) in [5.41, 5.74) is 7.71. The van der Waals surface area contributed by atoms with Crippen molar-refractivity contribution >= 4 is 11.8 Å². The number of carbonyl (C=O) groups excluding carboxylic acids is 2. The zero-order chi connectivity index (χ0) is 30.2. The lowest BCUT2D eigenvalue weighted by Crippen LogP contribution is -2.36. The molecule has 0 radical (unpaired) electrons. The third kappa shape index (κ3) is 6.74. The highest BCUT2D eigenvalue weighted by Gasteiger charge is 2.50. The predicted molar refractivity (Wildman–Crippen MR) is 175 cm³/mol. The monoisotopic (exact) mass is 568 g/mol. The Balaban J connectivity index is 1.80. The highest BCUT2D eigenvalue weighted by Crippen LogP contribution is 2.48. The maximum absolute atomic E-state index is 14.6. The van der Waals surface area contributed by atoms with E-state index in [2.05, 4.69) is 71.1 Å². The summed E-state index contributed by atoms with van der Waals surface area (Å²) in [5.74, 6) is 0.873. The summed E-state index contributed by atoms with van der Waals surface area (Å²) in [6.07, 6.45) is 27.2. The van der Waals surface area contributed by atoms with Crippen molar-refractivity contribution in [2.24, 2.45) is 11.8 Å². The summed E-state index contributed by atoms with van der Waals surface area (Å²) >= 11 is 0. The molecule has 2 heterocycles. The lowest BCUT2D eigenvalue weighted by atomic mass is 9.97. The van der Waals surface area contributed by atoms with E-state index in [1.165, 1.54) is 11.1 Å². The molecule has 0 spiro atoms. The molecule has 0 fully saturated rings. The Morgan fingerprint density at radius 1 is 0.738 bits per heavy atom. The fraction of sp³-hybridized carbons (Fsp3) is 0.526. The second-order valence-corrected chi connectivity index (χ2v) is 12.5. The van der Waals surface area contributed by atoms with Crippen molar-refractivity contribution in [3.05, 3.63) is 93.4 Å². The summed E-state index contributed by atoms with van der Waals surface area (Å²) in [7, 11) is 0. The topological polar surface area (TPSA) is 40.6 Å². The summed E-state index contributed by atoms with van der Waals surface area (Å²) in [6, 6.07) is 0. The first-order valence-electron chi connectivity index (χ1n) is 16.6. The van der Waals surface area contributed by atoms with Crippen LogP contribution in [0.3, 0.4) is 0 Å². The zero-order valence-electron chi connectivity index (χ0n) is 27.0. The van der Waals surface area contributed by atoms with E-state index in [1.54, 1.807) is 0 Å². The number of unbranched alkanes of at least 4 members (excludes halogenated alkanes) is 2. The first-order valence-corrected chi connectivity index (χ1v) is 16.6. The quantitative estimate of drug-likeness (QED) is 0.174. The van der Waals surface area contributed by atoms with Crippen LogP contribution in [0.1, 0.15) is 106 Å². The summed E-state index contributed by atoms with van der Waals surface area (Å²) in [4.78, 5) is 33.1. The van der Waals surface area contributed by atoms with Crippen molar-refractivity contribution in [3.8, 4) is 0 Å². The molecule has 0 saturated carbocycles. The van der Waals surface area contributed by atoms with Crippen LogP contribution in [0.5, 0.6) is 0 Å². The van der Waals surface area contributed by atoms with Crippen LogP contribution in [0, 0.1) is 11.8 Å². The van der Waals surface area contributed by atoms with Gasteiger partial charge in [-0.3, -0.25) is 9.59 Å². The molecule has 4 rings (SSSR count). The summed E-state index contributed by atoms with van der Waals surface area (Å²) in [5, 5.41) is 0. The molecule has 0 aromatic carbocycles. The molecular formula is C38H52N2O2. The van der Waals surface area contributed by atoms with E-state index in [-0.39, 0.29) is 11.8 Å². The maximum atomic E-state index is 14.6. The molecule has 2 aliphatic carbocycles. The lowest BCUT2D eigenvalue weighted by Gasteiger charge is -2.30. The fourth-order valence-corrected chi connectivity index (χ4v) is 6.70. The number of allylic oxidation sites excluding steroid dienone is 12. The third-order valence-corrected chi connectivity index (χ3v) is 9.30. The van der Waals surface area contributed by atoms with E-state index < -0.39 is 0 Å². The number of hydrogen-bond donors (Lipinski definition) is 0. The minimum atomic E-state index is 0.0201. The first-order chi connectivity index (χ1) is 20.4. The maximum Gasteiger partial charge on any atom is 0.261 e. The van der Waals surface area contributed by atoms with Gasteiger partial charge in [0.15, 0.2) is 0 Å². The number of carbonyl (C=O) groups is 2. The molecule has 0 aromatic rings. The summed E-state index contributed by atoms with van der Waals surface area (Å²) in [6.45, 7) is 14.4. The minimum absolute atomic E-state index is 0.0201. The van der Waals surface area contributed by atoms with Gasteiger partial charge in [0.25, 0.3) is 11.8 Å².